The van der Waals surface area contributed by atoms with Crippen LogP contribution in [0.4, 0.5) is 0 Å². The monoisotopic (exact) mass is 559 g/mol. The number of hydrogen-bond acceptors (Lipinski definition) is 6. The Balaban J connectivity index is 1.34. The summed E-state index contributed by atoms with van der Waals surface area (Å²) in [4.78, 5) is 13.5. The lowest BCUT2D eigenvalue weighted by Crippen LogP contribution is -2.40. The van der Waals surface area contributed by atoms with Crippen molar-refractivity contribution in [2.24, 2.45) is 0 Å². The predicted octanol–water partition coefficient (Wildman–Crippen LogP) is 6.90. The number of nitrogens with zero attached hydrogens (tertiary/aromatic N) is 4. The van der Waals surface area contributed by atoms with E-state index in [0.717, 1.165) is 22.6 Å². The molecular weight excluding hydrogens is 530 g/mol. The number of furan rings is 1. The van der Waals surface area contributed by atoms with Gasteiger partial charge in [-0.1, -0.05) is 86.6 Å². The minimum atomic E-state index is -0.387. The molecule has 1 amide bonds. The van der Waals surface area contributed by atoms with E-state index in [-0.39, 0.29) is 23.1 Å². The van der Waals surface area contributed by atoms with E-state index in [9.17, 15) is 4.79 Å². The number of nitrogens with one attached hydrogen (secondary N) is 1. The maximum absolute atomic E-state index is 13.5. The Morgan fingerprint density at radius 1 is 1.10 bits per heavy atom. The molecule has 39 heavy (non-hydrogen) atoms. The lowest BCUT2D eigenvalue weighted by Gasteiger charge is -2.24. The third-order valence-corrected chi connectivity index (χ3v) is 7.67. The highest BCUT2D eigenvalue weighted by Gasteiger charge is 2.32. The van der Waals surface area contributed by atoms with Crippen LogP contribution in [-0.4, -0.2) is 31.4 Å². The summed E-state index contributed by atoms with van der Waals surface area (Å²) in [7, 11) is 0. The molecule has 0 fully saturated rings. The maximum Gasteiger partial charge on any atom is 0.252 e. The van der Waals surface area contributed by atoms with Gasteiger partial charge in [-0.05, 0) is 46.9 Å². The first kappa shape index (κ1) is 26.8. The van der Waals surface area contributed by atoms with Gasteiger partial charge in [0.15, 0.2) is 11.0 Å². The Morgan fingerprint density at radius 3 is 2.46 bits per heavy atom. The van der Waals surface area contributed by atoms with Gasteiger partial charge in [0, 0.05) is 17.1 Å². The molecule has 0 spiro atoms. The van der Waals surface area contributed by atoms with E-state index in [1.54, 1.807) is 17.3 Å². The zero-order valence-electron chi connectivity index (χ0n) is 22.1. The van der Waals surface area contributed by atoms with Gasteiger partial charge in [-0.15, -0.1) is 16.8 Å². The number of hydrazine groups is 1. The number of allylic oxidation sites excluding steroid dienone is 1. The molecule has 1 aliphatic heterocycles. The summed E-state index contributed by atoms with van der Waals surface area (Å²) >= 11 is 7.41. The molecule has 0 radical (unpaired) electrons. The first-order valence-electron chi connectivity index (χ1n) is 12.6. The second kappa shape index (κ2) is 11.2. The predicted molar refractivity (Wildman–Crippen MR) is 156 cm³/mol. The van der Waals surface area contributed by atoms with E-state index >= 15 is 0 Å². The average Bonchev–Trinajstić information content (AvgIpc) is 3.68. The van der Waals surface area contributed by atoms with E-state index in [0.29, 0.717) is 22.5 Å². The molecule has 1 N–H and O–H groups in total. The minimum Gasteiger partial charge on any atom is -0.467 e. The summed E-state index contributed by atoms with van der Waals surface area (Å²) < 4.78 is 7.63. The Bertz CT molecular complexity index is 1490. The van der Waals surface area contributed by atoms with E-state index < -0.39 is 0 Å². The summed E-state index contributed by atoms with van der Waals surface area (Å²) in [5, 5.41) is 11.8. The summed E-state index contributed by atoms with van der Waals surface area (Å²) in [5.74, 6) is 1.45. The lowest BCUT2D eigenvalue weighted by atomic mass is 9.87. The van der Waals surface area contributed by atoms with Crippen LogP contribution in [0.5, 0.6) is 0 Å². The van der Waals surface area contributed by atoms with Crippen LogP contribution in [0.2, 0.25) is 5.02 Å². The van der Waals surface area contributed by atoms with E-state index in [1.807, 2.05) is 47.0 Å². The van der Waals surface area contributed by atoms with Gasteiger partial charge < -0.3 is 4.42 Å². The van der Waals surface area contributed by atoms with E-state index in [1.165, 1.54) is 17.3 Å². The molecule has 9 heteroatoms. The summed E-state index contributed by atoms with van der Waals surface area (Å²) in [6, 6.07) is 19.1. The van der Waals surface area contributed by atoms with Crippen molar-refractivity contribution < 1.29 is 9.21 Å². The van der Waals surface area contributed by atoms with Crippen molar-refractivity contribution in [1.29, 1.82) is 0 Å². The number of aromatic nitrogens is 3. The minimum absolute atomic E-state index is 0.0636. The van der Waals surface area contributed by atoms with Crippen molar-refractivity contribution in [2.45, 2.75) is 43.9 Å². The summed E-state index contributed by atoms with van der Waals surface area (Å²) in [6.45, 7) is 11.0. The summed E-state index contributed by atoms with van der Waals surface area (Å²) in [6.07, 6.45) is 5.39. The van der Waals surface area contributed by atoms with Gasteiger partial charge in [0.2, 0.25) is 0 Å². The van der Waals surface area contributed by atoms with Crippen molar-refractivity contribution in [3.8, 4) is 11.4 Å². The van der Waals surface area contributed by atoms with Crippen molar-refractivity contribution in [3.05, 3.63) is 108 Å². The Labute approximate surface area is 237 Å². The number of thioether (sulfide) groups is 1. The zero-order chi connectivity index (χ0) is 27.6. The van der Waals surface area contributed by atoms with Crippen LogP contribution < -0.4 is 5.43 Å². The topological polar surface area (TPSA) is 76.2 Å². The molecule has 200 valence electrons. The molecule has 0 unspecified atom stereocenters. The van der Waals surface area contributed by atoms with Crippen LogP contribution in [0, 0.1) is 0 Å². The van der Waals surface area contributed by atoms with Crippen molar-refractivity contribution >= 4 is 35.0 Å². The van der Waals surface area contributed by atoms with E-state index in [2.05, 4.69) is 67.2 Å². The molecule has 3 heterocycles. The first-order valence-corrected chi connectivity index (χ1v) is 14.0. The van der Waals surface area contributed by atoms with Crippen LogP contribution in [0.25, 0.3) is 17.1 Å². The molecule has 1 aliphatic rings. The standard InChI is InChI=1S/C30H30ClN5O2S/c1-5-16-35-28(21-8-12-22(13-9-21)30(2,3)4)32-33-29(35)39-19-27(37)36-25(26-7-6-17-38-26)18-24(34-36)20-10-14-23(31)15-11-20/h5-15,17-18,25,34H,1,16,19H2,2-4H3/t25-/m0/s1. The van der Waals surface area contributed by atoms with Gasteiger partial charge in [0.1, 0.15) is 11.8 Å². The van der Waals surface area contributed by atoms with Crippen molar-refractivity contribution in [1.82, 2.24) is 25.2 Å². The molecule has 5 rings (SSSR count). The highest BCUT2D eigenvalue weighted by molar-refractivity contribution is 7.99. The number of benzene rings is 2. The number of halogens is 1. The Hall–Kier alpha value is -3.75. The van der Waals surface area contributed by atoms with Gasteiger partial charge in [-0.3, -0.25) is 14.8 Å². The largest absolute Gasteiger partial charge is 0.467 e. The van der Waals surface area contributed by atoms with Crippen LogP contribution in [0.3, 0.4) is 0 Å². The average molecular weight is 560 g/mol. The normalized spacial score (nSPS) is 15.2. The molecule has 0 saturated heterocycles. The van der Waals surface area contributed by atoms with Gasteiger partial charge in [-0.25, -0.2) is 5.01 Å². The molecule has 1 atom stereocenters. The molecule has 7 nitrogen and oxygen atoms in total. The van der Waals surface area contributed by atoms with Crippen LogP contribution in [0.1, 0.15) is 43.7 Å². The quantitative estimate of drug-likeness (QED) is 0.187. The van der Waals surface area contributed by atoms with Crippen molar-refractivity contribution in [2.75, 3.05) is 5.75 Å². The van der Waals surface area contributed by atoms with Crippen LogP contribution in [0.15, 0.2) is 95.2 Å². The number of carbonyl (C=O) groups excluding carboxylic acids is 1. The number of rotatable bonds is 8. The Morgan fingerprint density at radius 2 is 1.82 bits per heavy atom. The molecule has 0 saturated carbocycles. The third kappa shape index (κ3) is 5.82. The maximum atomic E-state index is 13.5. The fourth-order valence-corrected chi connectivity index (χ4v) is 5.30. The summed E-state index contributed by atoms with van der Waals surface area (Å²) in [5.41, 5.74) is 7.26. The second-order valence-electron chi connectivity index (χ2n) is 10.2. The van der Waals surface area contributed by atoms with Crippen LogP contribution >= 0.6 is 23.4 Å². The first-order chi connectivity index (χ1) is 18.7. The van der Waals surface area contributed by atoms with Gasteiger partial charge in [0.25, 0.3) is 5.91 Å². The zero-order valence-corrected chi connectivity index (χ0v) is 23.7. The number of carbonyl (C=O) groups is 1. The fraction of sp³-hybridized carbons (Fsp3) is 0.233. The molecular formula is C30H30ClN5O2S. The smallest absolute Gasteiger partial charge is 0.252 e. The van der Waals surface area contributed by atoms with Crippen molar-refractivity contribution in [3.63, 3.8) is 0 Å². The molecule has 4 aromatic rings. The highest BCUT2D eigenvalue weighted by Crippen LogP contribution is 2.33. The molecule has 0 aliphatic carbocycles. The van der Waals surface area contributed by atoms with Gasteiger partial charge in [-0.2, -0.15) is 0 Å². The second-order valence-corrected chi connectivity index (χ2v) is 11.6. The van der Waals surface area contributed by atoms with E-state index in [4.69, 9.17) is 16.0 Å². The fourth-order valence-electron chi connectivity index (χ4n) is 4.36. The molecule has 2 aromatic heterocycles. The van der Waals surface area contributed by atoms with Gasteiger partial charge in [0.05, 0.1) is 17.7 Å². The SMILES string of the molecule is C=CCn1c(SCC(=O)N2NC(c3ccc(Cl)cc3)=C[C@H]2c2ccco2)nnc1-c1ccc(C(C)(C)C)cc1. The number of amides is 1. The highest BCUT2D eigenvalue weighted by atomic mass is 35.5. The Kier molecular flexibility index (Phi) is 7.68. The third-order valence-electron chi connectivity index (χ3n) is 6.46. The molecule has 0 bridgehead atoms. The number of hydrogen-bond donors (Lipinski definition) is 1. The van der Waals surface area contributed by atoms with Crippen LogP contribution in [-0.2, 0) is 16.8 Å². The lowest BCUT2D eigenvalue weighted by molar-refractivity contribution is -0.131. The van der Waals surface area contributed by atoms with Gasteiger partial charge >= 0.3 is 0 Å². The molecule has 2 aromatic carbocycles.